The van der Waals surface area contributed by atoms with Crippen molar-refractivity contribution >= 4 is 11.6 Å². The monoisotopic (exact) mass is 293 g/mol. The summed E-state index contributed by atoms with van der Waals surface area (Å²) in [5, 5.41) is -0.521. The highest BCUT2D eigenvalue weighted by atomic mass is 35.5. The number of ether oxygens (including phenoxy) is 1. The quantitative estimate of drug-likeness (QED) is 0.625. The van der Waals surface area contributed by atoms with Gasteiger partial charge in [0.2, 0.25) is 0 Å². The van der Waals surface area contributed by atoms with Gasteiger partial charge in [-0.1, -0.05) is 11.6 Å². The molecule has 0 saturated carbocycles. The van der Waals surface area contributed by atoms with Gasteiger partial charge in [0.1, 0.15) is 5.82 Å². The van der Waals surface area contributed by atoms with E-state index in [0.717, 1.165) is 19.2 Å². The maximum absolute atomic E-state index is 13.6. The Bertz CT molecular complexity index is 450. The van der Waals surface area contributed by atoms with Gasteiger partial charge in [-0.2, -0.15) is 0 Å². The first-order valence-electron chi connectivity index (χ1n) is 6.21. The van der Waals surface area contributed by atoms with Gasteiger partial charge in [-0.25, -0.2) is 13.2 Å². The molecule has 0 radical (unpaired) electrons. The smallest absolute Gasteiger partial charge is 0.177 e. The molecule has 1 aliphatic heterocycles. The molecular formula is C13H15ClF3NO. The Morgan fingerprint density at radius 2 is 1.84 bits per heavy atom. The van der Waals surface area contributed by atoms with Crippen molar-refractivity contribution in [1.29, 1.82) is 0 Å². The number of hydrogen-bond donors (Lipinski definition) is 0. The molecule has 2 nitrogen and oxygen atoms in total. The number of nitrogens with zero attached hydrogens (tertiary/aromatic N) is 1. The van der Waals surface area contributed by atoms with Crippen LogP contribution in [0.1, 0.15) is 12.0 Å². The van der Waals surface area contributed by atoms with Gasteiger partial charge < -0.3 is 4.74 Å². The lowest BCUT2D eigenvalue weighted by Gasteiger charge is -2.26. The molecule has 2 rings (SSSR count). The van der Waals surface area contributed by atoms with Gasteiger partial charge in [-0.15, -0.1) is 0 Å². The number of benzene rings is 1. The molecule has 1 heterocycles. The van der Waals surface area contributed by atoms with Crippen LogP contribution in [0, 0.1) is 17.5 Å². The summed E-state index contributed by atoms with van der Waals surface area (Å²) in [6.45, 7) is 3.71. The van der Waals surface area contributed by atoms with E-state index in [1.165, 1.54) is 0 Å². The summed E-state index contributed by atoms with van der Waals surface area (Å²) in [5.41, 5.74) is -0.227. The summed E-state index contributed by atoms with van der Waals surface area (Å²) in [6, 6.07) is 0.823. The number of halogens is 4. The Morgan fingerprint density at radius 3 is 2.53 bits per heavy atom. The second-order valence-corrected chi connectivity index (χ2v) is 4.91. The second kappa shape index (κ2) is 6.59. The van der Waals surface area contributed by atoms with E-state index < -0.39 is 22.5 Å². The molecule has 0 aliphatic carbocycles. The first-order valence-corrected chi connectivity index (χ1v) is 6.59. The maximum Gasteiger partial charge on any atom is 0.177 e. The van der Waals surface area contributed by atoms with Crippen LogP contribution < -0.4 is 0 Å². The summed E-state index contributed by atoms with van der Waals surface area (Å²) >= 11 is 5.37. The average Bonchev–Trinajstić information content (AvgIpc) is 2.41. The van der Waals surface area contributed by atoms with Crippen LogP contribution >= 0.6 is 11.6 Å². The van der Waals surface area contributed by atoms with E-state index in [9.17, 15) is 13.2 Å². The lowest BCUT2D eigenvalue weighted by atomic mass is 10.1. The lowest BCUT2D eigenvalue weighted by Crippen LogP contribution is -2.37. The Balaban J connectivity index is 1.94. The number of hydrogen-bond acceptors (Lipinski definition) is 2. The summed E-state index contributed by atoms with van der Waals surface area (Å²) < 4.78 is 45.5. The first kappa shape index (κ1) is 14.6. The van der Waals surface area contributed by atoms with E-state index in [-0.39, 0.29) is 12.0 Å². The first-order chi connectivity index (χ1) is 9.09. The summed E-state index contributed by atoms with van der Waals surface area (Å²) in [5.74, 6) is -3.14. The fourth-order valence-electron chi connectivity index (χ4n) is 2.14. The van der Waals surface area contributed by atoms with Crippen molar-refractivity contribution in [2.75, 3.05) is 32.8 Å². The zero-order valence-electron chi connectivity index (χ0n) is 10.4. The molecule has 1 aromatic rings. The zero-order valence-corrected chi connectivity index (χ0v) is 11.2. The van der Waals surface area contributed by atoms with Crippen molar-refractivity contribution in [3.63, 3.8) is 0 Å². The normalized spacial score (nSPS) is 16.8. The van der Waals surface area contributed by atoms with Crippen LogP contribution in [0.5, 0.6) is 0 Å². The van der Waals surface area contributed by atoms with Gasteiger partial charge in [-0.3, -0.25) is 4.90 Å². The van der Waals surface area contributed by atoms with Crippen molar-refractivity contribution in [2.24, 2.45) is 0 Å². The Labute approximate surface area is 115 Å². The van der Waals surface area contributed by atoms with Crippen LogP contribution in [0.2, 0.25) is 5.02 Å². The van der Waals surface area contributed by atoms with Crippen LogP contribution in [-0.4, -0.2) is 37.7 Å². The predicted molar refractivity (Wildman–Crippen MR) is 66.9 cm³/mol. The van der Waals surface area contributed by atoms with Crippen LogP contribution in [0.15, 0.2) is 6.07 Å². The van der Waals surface area contributed by atoms with Crippen molar-refractivity contribution in [3.05, 3.63) is 34.1 Å². The van der Waals surface area contributed by atoms with E-state index in [1.54, 1.807) is 0 Å². The molecule has 0 aromatic heterocycles. The van der Waals surface area contributed by atoms with Crippen molar-refractivity contribution in [2.45, 2.75) is 12.8 Å². The van der Waals surface area contributed by atoms with Crippen LogP contribution in [0.3, 0.4) is 0 Å². The summed E-state index contributed by atoms with van der Waals surface area (Å²) in [4.78, 5) is 2.16. The molecule has 0 bridgehead atoms. The molecular weight excluding hydrogens is 279 g/mol. The molecule has 0 amide bonds. The fourth-order valence-corrected chi connectivity index (χ4v) is 2.32. The molecule has 6 heteroatoms. The molecule has 19 heavy (non-hydrogen) atoms. The highest BCUT2D eigenvalue weighted by Gasteiger charge is 2.18. The van der Waals surface area contributed by atoms with E-state index in [0.29, 0.717) is 26.2 Å². The highest BCUT2D eigenvalue weighted by Crippen LogP contribution is 2.24. The predicted octanol–water partition coefficient (Wildman–Crippen LogP) is 3.02. The highest BCUT2D eigenvalue weighted by molar-refractivity contribution is 6.30. The van der Waals surface area contributed by atoms with Gasteiger partial charge >= 0.3 is 0 Å². The molecule has 0 spiro atoms. The van der Waals surface area contributed by atoms with Gasteiger partial charge in [0, 0.05) is 18.7 Å². The van der Waals surface area contributed by atoms with E-state index in [2.05, 4.69) is 4.90 Å². The largest absolute Gasteiger partial charge is 0.379 e. The SMILES string of the molecule is Fc1cc(Cl)c(F)c(F)c1CCCN1CCOCC1. The molecule has 0 N–H and O–H groups in total. The Hall–Kier alpha value is -0.780. The van der Waals surface area contributed by atoms with Crippen molar-refractivity contribution < 1.29 is 17.9 Å². The summed E-state index contributed by atoms with van der Waals surface area (Å²) in [7, 11) is 0. The topological polar surface area (TPSA) is 12.5 Å². The van der Waals surface area contributed by atoms with Crippen LogP contribution in [-0.2, 0) is 11.2 Å². The fraction of sp³-hybridized carbons (Fsp3) is 0.538. The standard InChI is InChI=1S/C13H15ClF3NO/c14-10-8-11(15)9(12(16)13(10)17)2-1-3-18-4-6-19-7-5-18/h8H,1-7H2. The summed E-state index contributed by atoms with van der Waals surface area (Å²) in [6.07, 6.45) is 0.720. The van der Waals surface area contributed by atoms with Crippen LogP contribution in [0.4, 0.5) is 13.2 Å². The third kappa shape index (κ3) is 3.61. The van der Waals surface area contributed by atoms with E-state index in [4.69, 9.17) is 16.3 Å². The molecule has 106 valence electrons. The maximum atomic E-state index is 13.6. The van der Waals surface area contributed by atoms with Crippen molar-refractivity contribution in [1.82, 2.24) is 4.90 Å². The van der Waals surface area contributed by atoms with Gasteiger partial charge in [0.05, 0.1) is 18.2 Å². The van der Waals surface area contributed by atoms with E-state index >= 15 is 0 Å². The average molecular weight is 294 g/mol. The Morgan fingerprint density at radius 1 is 1.16 bits per heavy atom. The minimum absolute atomic E-state index is 0.156. The number of morpholine rings is 1. The second-order valence-electron chi connectivity index (χ2n) is 4.50. The van der Waals surface area contributed by atoms with Gasteiger partial charge in [-0.05, 0) is 25.5 Å². The van der Waals surface area contributed by atoms with Crippen LogP contribution in [0.25, 0.3) is 0 Å². The lowest BCUT2D eigenvalue weighted by molar-refractivity contribution is 0.0374. The molecule has 0 atom stereocenters. The third-order valence-electron chi connectivity index (χ3n) is 3.21. The Kier molecular flexibility index (Phi) is 5.07. The molecule has 1 fully saturated rings. The van der Waals surface area contributed by atoms with E-state index in [1.807, 2.05) is 0 Å². The molecule has 1 aromatic carbocycles. The zero-order chi connectivity index (χ0) is 13.8. The minimum Gasteiger partial charge on any atom is -0.379 e. The third-order valence-corrected chi connectivity index (χ3v) is 3.49. The van der Waals surface area contributed by atoms with Gasteiger partial charge in [0.15, 0.2) is 11.6 Å². The van der Waals surface area contributed by atoms with Gasteiger partial charge in [0.25, 0.3) is 0 Å². The number of rotatable bonds is 4. The molecule has 1 saturated heterocycles. The molecule has 1 aliphatic rings. The molecule has 0 unspecified atom stereocenters. The minimum atomic E-state index is -1.18. The van der Waals surface area contributed by atoms with Crippen molar-refractivity contribution in [3.8, 4) is 0 Å².